The Hall–Kier alpha value is -1.13. The molecule has 1 aliphatic heterocycles. The van der Waals surface area contributed by atoms with Crippen molar-refractivity contribution in [3.8, 4) is 0 Å². The predicted molar refractivity (Wildman–Crippen MR) is 71.8 cm³/mol. The van der Waals surface area contributed by atoms with Crippen molar-refractivity contribution >= 4 is 18.3 Å². The molecule has 1 aliphatic rings. The Balaban J connectivity index is 0.00000162. The van der Waals surface area contributed by atoms with Crippen LogP contribution in [0.4, 0.5) is 4.39 Å². The van der Waals surface area contributed by atoms with Gasteiger partial charge in [0, 0.05) is 31.2 Å². The molecule has 0 aromatic heterocycles. The van der Waals surface area contributed by atoms with Crippen molar-refractivity contribution in [3.63, 3.8) is 0 Å². The fraction of sp³-hybridized carbons (Fsp3) is 0.462. The lowest BCUT2D eigenvalue weighted by Gasteiger charge is -2.34. The Morgan fingerprint density at radius 1 is 1.50 bits per heavy atom. The van der Waals surface area contributed by atoms with Gasteiger partial charge in [-0.3, -0.25) is 4.79 Å². The molecule has 1 atom stereocenters. The first kappa shape index (κ1) is 14.9. The summed E-state index contributed by atoms with van der Waals surface area (Å²) in [6, 6.07) is 4.50. The van der Waals surface area contributed by atoms with Gasteiger partial charge in [-0.1, -0.05) is 0 Å². The minimum Gasteiger partial charge on any atom is -0.333 e. The molecular weight excluding hydrogens is 255 g/mol. The van der Waals surface area contributed by atoms with E-state index in [-0.39, 0.29) is 30.2 Å². The highest BCUT2D eigenvalue weighted by atomic mass is 35.5. The number of amides is 1. The van der Waals surface area contributed by atoms with Crippen LogP contribution >= 0.6 is 12.4 Å². The van der Waals surface area contributed by atoms with Crippen LogP contribution in [0, 0.1) is 12.7 Å². The van der Waals surface area contributed by atoms with Crippen LogP contribution in [-0.4, -0.2) is 36.5 Å². The van der Waals surface area contributed by atoms with Crippen molar-refractivity contribution in [2.75, 3.05) is 19.6 Å². The van der Waals surface area contributed by atoms with Crippen molar-refractivity contribution in [2.45, 2.75) is 19.9 Å². The molecular formula is C13H18ClFN2O. The number of rotatable bonds is 1. The molecule has 3 nitrogen and oxygen atoms in total. The molecule has 1 aromatic carbocycles. The monoisotopic (exact) mass is 272 g/mol. The SMILES string of the molecule is Cc1cc(F)ccc1C(=O)N1CCNC[C@H]1C.Cl. The third-order valence-electron chi connectivity index (χ3n) is 3.18. The maximum atomic E-state index is 13.0. The van der Waals surface area contributed by atoms with E-state index < -0.39 is 0 Å². The van der Waals surface area contributed by atoms with Crippen molar-refractivity contribution in [1.29, 1.82) is 0 Å². The van der Waals surface area contributed by atoms with Gasteiger partial charge in [-0.25, -0.2) is 4.39 Å². The minimum atomic E-state index is -0.299. The van der Waals surface area contributed by atoms with Gasteiger partial charge in [-0.15, -0.1) is 12.4 Å². The average Bonchev–Trinajstić information content (AvgIpc) is 2.29. The average molecular weight is 273 g/mol. The van der Waals surface area contributed by atoms with Gasteiger partial charge in [0.25, 0.3) is 5.91 Å². The number of hydrogen-bond acceptors (Lipinski definition) is 2. The van der Waals surface area contributed by atoms with Crippen molar-refractivity contribution in [2.24, 2.45) is 0 Å². The van der Waals surface area contributed by atoms with E-state index >= 15 is 0 Å². The van der Waals surface area contributed by atoms with E-state index in [2.05, 4.69) is 5.32 Å². The smallest absolute Gasteiger partial charge is 0.254 e. The third-order valence-corrected chi connectivity index (χ3v) is 3.18. The summed E-state index contributed by atoms with van der Waals surface area (Å²) >= 11 is 0. The Bertz CT molecular complexity index is 439. The molecule has 1 N–H and O–H groups in total. The van der Waals surface area contributed by atoms with Crippen molar-refractivity contribution < 1.29 is 9.18 Å². The van der Waals surface area contributed by atoms with E-state index in [4.69, 9.17) is 0 Å². The summed E-state index contributed by atoms with van der Waals surface area (Å²) in [6.45, 7) is 6.12. The van der Waals surface area contributed by atoms with E-state index in [9.17, 15) is 9.18 Å². The Kier molecular flexibility index (Phi) is 5.11. The van der Waals surface area contributed by atoms with Crippen LogP contribution in [0.3, 0.4) is 0 Å². The number of halogens is 2. The lowest BCUT2D eigenvalue weighted by molar-refractivity contribution is 0.0655. The highest BCUT2D eigenvalue weighted by Gasteiger charge is 2.24. The molecule has 18 heavy (non-hydrogen) atoms. The first-order valence-electron chi connectivity index (χ1n) is 5.87. The van der Waals surface area contributed by atoms with E-state index in [1.807, 2.05) is 11.8 Å². The van der Waals surface area contributed by atoms with Crippen molar-refractivity contribution in [3.05, 3.63) is 35.1 Å². The van der Waals surface area contributed by atoms with Crippen molar-refractivity contribution in [1.82, 2.24) is 10.2 Å². The number of carbonyl (C=O) groups is 1. The van der Waals surface area contributed by atoms with Crippen LogP contribution in [-0.2, 0) is 0 Å². The van der Waals surface area contributed by atoms with E-state index in [1.165, 1.54) is 12.1 Å². The molecule has 0 spiro atoms. The molecule has 1 saturated heterocycles. The summed E-state index contributed by atoms with van der Waals surface area (Å²) in [4.78, 5) is 14.2. The molecule has 0 saturated carbocycles. The predicted octanol–water partition coefficient (Wildman–Crippen LogP) is 1.99. The molecule has 100 valence electrons. The molecule has 2 rings (SSSR count). The quantitative estimate of drug-likeness (QED) is 0.848. The number of aryl methyl sites for hydroxylation is 1. The number of piperazine rings is 1. The second-order valence-corrected chi connectivity index (χ2v) is 4.51. The second kappa shape index (κ2) is 6.16. The molecule has 1 aromatic rings. The van der Waals surface area contributed by atoms with Gasteiger partial charge in [0.2, 0.25) is 0 Å². The number of carbonyl (C=O) groups excluding carboxylic acids is 1. The summed E-state index contributed by atoms with van der Waals surface area (Å²) in [6.07, 6.45) is 0. The Morgan fingerprint density at radius 3 is 2.83 bits per heavy atom. The largest absolute Gasteiger partial charge is 0.333 e. The van der Waals surface area contributed by atoms with E-state index in [0.717, 1.165) is 13.1 Å². The number of nitrogens with zero attached hydrogens (tertiary/aromatic N) is 1. The Labute approximate surface area is 113 Å². The highest BCUT2D eigenvalue weighted by Crippen LogP contribution is 2.15. The number of hydrogen-bond donors (Lipinski definition) is 1. The van der Waals surface area contributed by atoms with Gasteiger partial charge in [-0.05, 0) is 37.6 Å². The second-order valence-electron chi connectivity index (χ2n) is 4.51. The summed E-state index contributed by atoms with van der Waals surface area (Å²) in [5, 5.41) is 3.24. The number of nitrogens with one attached hydrogen (secondary N) is 1. The maximum absolute atomic E-state index is 13.0. The van der Waals surface area contributed by atoms with Crippen LogP contribution in [0.2, 0.25) is 0 Å². The van der Waals surface area contributed by atoms with Gasteiger partial charge in [0.1, 0.15) is 5.82 Å². The summed E-state index contributed by atoms with van der Waals surface area (Å²) < 4.78 is 13.0. The van der Waals surface area contributed by atoms with Gasteiger partial charge >= 0.3 is 0 Å². The summed E-state index contributed by atoms with van der Waals surface area (Å²) in [5.41, 5.74) is 1.29. The Morgan fingerprint density at radius 2 is 2.22 bits per heavy atom. The minimum absolute atomic E-state index is 0. The number of benzene rings is 1. The van der Waals surface area contributed by atoms with Crippen LogP contribution in [0.25, 0.3) is 0 Å². The van der Waals surface area contributed by atoms with Gasteiger partial charge < -0.3 is 10.2 Å². The first-order valence-corrected chi connectivity index (χ1v) is 5.87. The third kappa shape index (κ3) is 3.00. The lowest BCUT2D eigenvalue weighted by Crippen LogP contribution is -2.52. The van der Waals surface area contributed by atoms with E-state index in [1.54, 1.807) is 13.0 Å². The zero-order valence-corrected chi connectivity index (χ0v) is 11.4. The highest BCUT2D eigenvalue weighted by molar-refractivity contribution is 5.95. The zero-order valence-electron chi connectivity index (χ0n) is 10.6. The molecule has 0 aliphatic carbocycles. The molecule has 0 radical (unpaired) electrons. The summed E-state index contributed by atoms with van der Waals surface area (Å²) in [7, 11) is 0. The first-order chi connectivity index (χ1) is 8.09. The molecule has 1 heterocycles. The van der Waals surface area contributed by atoms with E-state index in [0.29, 0.717) is 17.7 Å². The molecule has 1 amide bonds. The molecule has 0 unspecified atom stereocenters. The lowest BCUT2D eigenvalue weighted by atomic mass is 10.1. The van der Waals surface area contributed by atoms with Crippen LogP contribution in [0.1, 0.15) is 22.8 Å². The topological polar surface area (TPSA) is 32.3 Å². The van der Waals surface area contributed by atoms with Gasteiger partial charge in [-0.2, -0.15) is 0 Å². The maximum Gasteiger partial charge on any atom is 0.254 e. The molecule has 0 bridgehead atoms. The zero-order chi connectivity index (χ0) is 12.4. The van der Waals surface area contributed by atoms with Crippen LogP contribution in [0.5, 0.6) is 0 Å². The molecule has 1 fully saturated rings. The summed E-state index contributed by atoms with van der Waals surface area (Å²) in [5.74, 6) is -0.302. The van der Waals surface area contributed by atoms with Crippen LogP contribution in [0.15, 0.2) is 18.2 Å². The fourth-order valence-corrected chi connectivity index (χ4v) is 2.16. The molecule has 5 heteroatoms. The van der Waals surface area contributed by atoms with Crippen LogP contribution < -0.4 is 5.32 Å². The normalized spacial score (nSPS) is 19.3. The standard InChI is InChI=1S/C13H17FN2O.ClH/c1-9-7-11(14)3-4-12(9)13(17)16-6-5-15-8-10(16)2;/h3-4,7,10,15H,5-6,8H2,1-2H3;1H/t10-;/m1./s1. The van der Waals surface area contributed by atoms with Gasteiger partial charge in [0.05, 0.1) is 0 Å². The van der Waals surface area contributed by atoms with Gasteiger partial charge in [0.15, 0.2) is 0 Å². The fourth-order valence-electron chi connectivity index (χ4n) is 2.16.